The number of nitrogens with one attached hydrogen (secondary N) is 1. The molecule has 0 heterocycles. The number of amides is 1. The van der Waals surface area contributed by atoms with Gasteiger partial charge in [0.15, 0.2) is 0 Å². The molecular weight excluding hydrogens is 214 g/mol. The van der Waals surface area contributed by atoms with Crippen LogP contribution in [0, 0.1) is 0 Å². The zero-order valence-electron chi connectivity index (χ0n) is 11.0. The topological polar surface area (TPSA) is 35.6 Å². The summed E-state index contributed by atoms with van der Waals surface area (Å²) in [5.41, 5.74) is 2.19. The quantitative estimate of drug-likeness (QED) is 0.843. The van der Waals surface area contributed by atoms with Crippen molar-refractivity contribution in [3.63, 3.8) is 0 Å². The Morgan fingerprint density at radius 2 is 1.94 bits per heavy atom. The minimum absolute atomic E-state index is 0.140. The zero-order valence-corrected chi connectivity index (χ0v) is 11.0. The zero-order chi connectivity index (χ0) is 12.8. The lowest BCUT2D eigenvalue weighted by Crippen LogP contribution is -2.23. The molecule has 1 aromatic carbocycles. The predicted molar refractivity (Wildman–Crippen MR) is 72.6 cm³/mol. The number of nitrogens with zero attached hydrogens (tertiary/aromatic N) is 2. The van der Waals surface area contributed by atoms with Crippen LogP contribution in [0.3, 0.4) is 0 Å². The third-order valence-electron chi connectivity index (χ3n) is 2.53. The van der Waals surface area contributed by atoms with Crippen molar-refractivity contribution in [3.05, 3.63) is 24.3 Å². The molecule has 0 fully saturated rings. The van der Waals surface area contributed by atoms with Crippen molar-refractivity contribution in [1.82, 2.24) is 4.90 Å². The maximum atomic E-state index is 11.4. The van der Waals surface area contributed by atoms with Crippen LogP contribution in [-0.2, 0) is 4.79 Å². The van der Waals surface area contributed by atoms with Crippen LogP contribution < -0.4 is 10.2 Å². The van der Waals surface area contributed by atoms with Crippen LogP contribution in [0.4, 0.5) is 11.4 Å². The number of hydrogen-bond donors (Lipinski definition) is 1. The van der Waals surface area contributed by atoms with Gasteiger partial charge in [0.1, 0.15) is 0 Å². The molecule has 17 heavy (non-hydrogen) atoms. The second-order valence-corrected chi connectivity index (χ2v) is 4.41. The Bertz CT molecular complexity index is 375. The van der Waals surface area contributed by atoms with Crippen LogP contribution in [0.2, 0.25) is 0 Å². The van der Waals surface area contributed by atoms with Gasteiger partial charge in [0.05, 0.1) is 0 Å². The van der Waals surface area contributed by atoms with Crippen LogP contribution in [0.15, 0.2) is 24.3 Å². The molecule has 94 valence electrons. The molecule has 0 bridgehead atoms. The number of benzene rings is 1. The minimum Gasteiger partial charge on any atom is -0.384 e. The molecule has 4 heteroatoms. The molecule has 0 aromatic heterocycles. The van der Waals surface area contributed by atoms with E-state index >= 15 is 0 Å². The molecule has 1 N–H and O–H groups in total. The van der Waals surface area contributed by atoms with E-state index in [1.165, 1.54) is 0 Å². The molecule has 0 aliphatic carbocycles. The van der Waals surface area contributed by atoms with Gasteiger partial charge in [-0.3, -0.25) is 4.79 Å². The largest absolute Gasteiger partial charge is 0.384 e. The first kappa shape index (κ1) is 13.4. The molecule has 1 amide bonds. The minimum atomic E-state index is 0.140. The van der Waals surface area contributed by atoms with Gasteiger partial charge in [0.25, 0.3) is 0 Å². The molecule has 0 unspecified atom stereocenters. The SMILES string of the molecule is CN(C)C(=O)CCNc1cccc(N(C)C)c1. The Hall–Kier alpha value is -1.71. The first-order valence-corrected chi connectivity index (χ1v) is 5.72. The fourth-order valence-electron chi connectivity index (χ4n) is 1.43. The monoisotopic (exact) mass is 235 g/mol. The lowest BCUT2D eigenvalue weighted by molar-refractivity contribution is -0.128. The third kappa shape index (κ3) is 4.34. The number of hydrogen-bond acceptors (Lipinski definition) is 3. The molecule has 0 atom stereocenters. The Kier molecular flexibility index (Phi) is 4.82. The molecule has 0 aliphatic rings. The van der Waals surface area contributed by atoms with Crippen LogP contribution in [0.25, 0.3) is 0 Å². The molecule has 0 aliphatic heterocycles. The van der Waals surface area contributed by atoms with Gasteiger partial charge in [-0.1, -0.05) is 6.07 Å². The van der Waals surface area contributed by atoms with Crippen molar-refractivity contribution in [2.24, 2.45) is 0 Å². The van der Waals surface area contributed by atoms with Gasteiger partial charge in [-0.05, 0) is 18.2 Å². The first-order valence-electron chi connectivity index (χ1n) is 5.72. The molecule has 0 spiro atoms. The lowest BCUT2D eigenvalue weighted by atomic mass is 10.2. The average molecular weight is 235 g/mol. The highest BCUT2D eigenvalue weighted by Crippen LogP contribution is 2.17. The summed E-state index contributed by atoms with van der Waals surface area (Å²) < 4.78 is 0. The Labute approximate surface area is 103 Å². The van der Waals surface area contributed by atoms with E-state index < -0.39 is 0 Å². The second-order valence-electron chi connectivity index (χ2n) is 4.41. The van der Waals surface area contributed by atoms with Crippen molar-refractivity contribution in [3.8, 4) is 0 Å². The smallest absolute Gasteiger partial charge is 0.223 e. The summed E-state index contributed by atoms with van der Waals surface area (Å²) in [6.45, 7) is 0.661. The van der Waals surface area contributed by atoms with Crippen molar-refractivity contribution in [2.75, 3.05) is 45.0 Å². The summed E-state index contributed by atoms with van der Waals surface area (Å²) in [7, 11) is 7.56. The van der Waals surface area contributed by atoms with Crippen LogP contribution in [0.1, 0.15) is 6.42 Å². The number of rotatable bonds is 5. The van der Waals surface area contributed by atoms with Crippen molar-refractivity contribution >= 4 is 17.3 Å². The first-order chi connectivity index (χ1) is 8.00. The normalized spacial score (nSPS) is 9.88. The highest BCUT2D eigenvalue weighted by atomic mass is 16.2. The third-order valence-corrected chi connectivity index (χ3v) is 2.53. The number of anilines is 2. The molecule has 1 aromatic rings. The summed E-state index contributed by atoms with van der Waals surface area (Å²) in [5.74, 6) is 0.140. The molecular formula is C13H21N3O. The van der Waals surface area contributed by atoms with E-state index in [1.54, 1.807) is 19.0 Å². The Morgan fingerprint density at radius 3 is 2.53 bits per heavy atom. The lowest BCUT2D eigenvalue weighted by Gasteiger charge is -2.15. The van der Waals surface area contributed by atoms with E-state index in [9.17, 15) is 4.79 Å². The second kappa shape index (κ2) is 6.13. The Balaban J connectivity index is 2.47. The molecule has 0 saturated heterocycles. The molecule has 4 nitrogen and oxygen atoms in total. The fraction of sp³-hybridized carbons (Fsp3) is 0.462. The van der Waals surface area contributed by atoms with Crippen LogP contribution in [0.5, 0.6) is 0 Å². The Morgan fingerprint density at radius 1 is 1.24 bits per heavy atom. The summed E-state index contributed by atoms with van der Waals surface area (Å²) >= 11 is 0. The van der Waals surface area contributed by atoms with Crippen molar-refractivity contribution in [1.29, 1.82) is 0 Å². The molecule has 0 saturated carbocycles. The maximum absolute atomic E-state index is 11.4. The fourth-order valence-corrected chi connectivity index (χ4v) is 1.43. The van der Waals surface area contributed by atoms with E-state index in [1.807, 2.05) is 26.2 Å². The van der Waals surface area contributed by atoms with Crippen molar-refractivity contribution < 1.29 is 4.79 Å². The summed E-state index contributed by atoms with van der Waals surface area (Å²) in [5, 5.41) is 3.25. The maximum Gasteiger partial charge on any atom is 0.223 e. The van der Waals surface area contributed by atoms with E-state index in [4.69, 9.17) is 0 Å². The van der Waals surface area contributed by atoms with Crippen molar-refractivity contribution in [2.45, 2.75) is 6.42 Å². The average Bonchev–Trinajstić information content (AvgIpc) is 2.29. The number of carbonyl (C=O) groups excluding carboxylic acids is 1. The van der Waals surface area contributed by atoms with Gasteiger partial charge in [-0.2, -0.15) is 0 Å². The molecule has 1 rings (SSSR count). The summed E-state index contributed by atoms with van der Waals surface area (Å²) in [6.07, 6.45) is 0.513. The van der Waals surface area contributed by atoms with E-state index in [0.717, 1.165) is 11.4 Å². The number of carbonyl (C=O) groups is 1. The van der Waals surface area contributed by atoms with Gasteiger partial charge in [-0.15, -0.1) is 0 Å². The standard InChI is InChI=1S/C13H21N3O/c1-15(2)12-7-5-6-11(10-12)14-9-8-13(17)16(3)4/h5-7,10,14H,8-9H2,1-4H3. The van der Waals surface area contributed by atoms with E-state index in [0.29, 0.717) is 13.0 Å². The van der Waals surface area contributed by atoms with Crippen LogP contribution >= 0.6 is 0 Å². The molecule has 0 radical (unpaired) electrons. The van der Waals surface area contributed by atoms with Gasteiger partial charge in [-0.25, -0.2) is 0 Å². The van der Waals surface area contributed by atoms with E-state index in [2.05, 4.69) is 22.3 Å². The highest BCUT2D eigenvalue weighted by Gasteiger charge is 2.03. The van der Waals surface area contributed by atoms with Gasteiger partial charge < -0.3 is 15.1 Å². The van der Waals surface area contributed by atoms with Gasteiger partial charge in [0.2, 0.25) is 5.91 Å². The van der Waals surface area contributed by atoms with E-state index in [-0.39, 0.29) is 5.91 Å². The van der Waals surface area contributed by atoms with Crippen LogP contribution in [-0.4, -0.2) is 45.5 Å². The summed E-state index contributed by atoms with van der Waals surface area (Å²) in [6, 6.07) is 8.13. The highest BCUT2D eigenvalue weighted by molar-refractivity contribution is 5.76. The summed E-state index contributed by atoms with van der Waals surface area (Å²) in [4.78, 5) is 15.0. The van der Waals surface area contributed by atoms with Gasteiger partial charge >= 0.3 is 0 Å². The predicted octanol–water partition coefficient (Wildman–Crippen LogP) is 1.64. The van der Waals surface area contributed by atoms with Gasteiger partial charge in [0, 0.05) is 52.5 Å².